The van der Waals surface area contributed by atoms with Gasteiger partial charge in [-0.05, 0) is 27.7 Å². The number of rotatable bonds is 0. The van der Waals surface area contributed by atoms with Gasteiger partial charge < -0.3 is 9.47 Å². The van der Waals surface area contributed by atoms with Crippen molar-refractivity contribution in [2.45, 2.75) is 45.9 Å². The fourth-order valence-corrected chi connectivity index (χ4v) is 1.27. The average Bonchev–Trinajstić information content (AvgIpc) is 1.99. The molecule has 1 heterocycles. The first-order valence-corrected chi connectivity index (χ1v) is 4.99. The second kappa shape index (κ2) is 4.08. The molecular formula is C10H17NO4. The van der Waals surface area contributed by atoms with Crippen molar-refractivity contribution in [3.05, 3.63) is 0 Å². The van der Waals surface area contributed by atoms with Gasteiger partial charge >= 0.3 is 12.1 Å². The fourth-order valence-electron chi connectivity index (χ4n) is 1.27. The molecule has 1 unspecified atom stereocenters. The van der Waals surface area contributed by atoms with Gasteiger partial charge in [0.25, 0.3) is 0 Å². The molecule has 0 aliphatic carbocycles. The van der Waals surface area contributed by atoms with Crippen molar-refractivity contribution in [3.8, 4) is 0 Å². The van der Waals surface area contributed by atoms with Crippen LogP contribution in [0.1, 0.15) is 34.1 Å². The Kier molecular flexibility index (Phi) is 3.21. The van der Waals surface area contributed by atoms with Gasteiger partial charge in [0.2, 0.25) is 0 Å². The molecule has 0 radical (unpaired) electrons. The molecule has 1 fully saturated rings. The molecule has 5 heteroatoms. The van der Waals surface area contributed by atoms with Crippen molar-refractivity contribution >= 4 is 12.1 Å². The van der Waals surface area contributed by atoms with Crippen LogP contribution in [0.2, 0.25) is 0 Å². The Hall–Kier alpha value is -1.26. The highest BCUT2D eigenvalue weighted by Gasteiger charge is 2.31. The molecule has 0 bridgehead atoms. The minimum Gasteiger partial charge on any atom is -0.444 e. The number of esters is 1. The van der Waals surface area contributed by atoms with Crippen LogP contribution in [-0.4, -0.2) is 35.3 Å². The summed E-state index contributed by atoms with van der Waals surface area (Å²) >= 11 is 0. The first-order chi connectivity index (χ1) is 6.79. The Morgan fingerprint density at radius 2 is 2.13 bits per heavy atom. The van der Waals surface area contributed by atoms with E-state index in [1.165, 1.54) is 4.90 Å². The van der Waals surface area contributed by atoms with Crippen molar-refractivity contribution in [3.63, 3.8) is 0 Å². The molecule has 1 saturated heterocycles. The number of carbonyl (C=O) groups is 2. The molecule has 1 aliphatic heterocycles. The Labute approximate surface area is 89.3 Å². The van der Waals surface area contributed by atoms with E-state index in [2.05, 4.69) is 0 Å². The van der Waals surface area contributed by atoms with Crippen LogP contribution in [-0.2, 0) is 14.3 Å². The number of ether oxygens (including phenoxy) is 2. The first-order valence-electron chi connectivity index (χ1n) is 4.99. The summed E-state index contributed by atoms with van der Waals surface area (Å²) in [6.07, 6.45) is -0.757. The normalized spacial score (nSPS) is 22.3. The molecule has 0 spiro atoms. The molecule has 0 saturated carbocycles. The SMILES string of the molecule is CC1OC(=O)CCN1C(=O)OC(C)(C)C. The number of carbonyl (C=O) groups excluding carboxylic acids is 2. The largest absolute Gasteiger partial charge is 0.444 e. The van der Waals surface area contributed by atoms with Gasteiger partial charge in [-0.2, -0.15) is 0 Å². The van der Waals surface area contributed by atoms with Crippen LogP contribution in [0.25, 0.3) is 0 Å². The van der Waals surface area contributed by atoms with Gasteiger partial charge in [-0.15, -0.1) is 0 Å². The summed E-state index contributed by atoms with van der Waals surface area (Å²) in [6, 6.07) is 0. The van der Waals surface area contributed by atoms with E-state index in [0.29, 0.717) is 6.54 Å². The summed E-state index contributed by atoms with van der Waals surface area (Å²) in [5.74, 6) is -0.276. The van der Waals surface area contributed by atoms with Gasteiger partial charge in [0.05, 0.1) is 6.42 Å². The average molecular weight is 215 g/mol. The molecule has 5 nitrogen and oxygen atoms in total. The summed E-state index contributed by atoms with van der Waals surface area (Å²) in [5, 5.41) is 0. The Bertz CT molecular complexity index is 269. The van der Waals surface area contributed by atoms with Gasteiger partial charge in [0.1, 0.15) is 5.60 Å². The second-order valence-corrected chi connectivity index (χ2v) is 4.51. The Morgan fingerprint density at radius 3 is 2.60 bits per heavy atom. The van der Waals surface area contributed by atoms with Crippen LogP contribution in [0.15, 0.2) is 0 Å². The second-order valence-electron chi connectivity index (χ2n) is 4.51. The van der Waals surface area contributed by atoms with Crippen LogP contribution in [0.5, 0.6) is 0 Å². The van der Waals surface area contributed by atoms with Gasteiger partial charge in [0, 0.05) is 6.54 Å². The first kappa shape index (κ1) is 11.8. The maximum absolute atomic E-state index is 11.6. The lowest BCUT2D eigenvalue weighted by Gasteiger charge is -2.33. The maximum Gasteiger partial charge on any atom is 0.413 e. The predicted molar refractivity (Wildman–Crippen MR) is 53.1 cm³/mol. The molecular weight excluding hydrogens is 198 g/mol. The van der Waals surface area contributed by atoms with Crippen molar-refractivity contribution in [2.75, 3.05) is 6.54 Å². The third-order valence-electron chi connectivity index (χ3n) is 1.93. The van der Waals surface area contributed by atoms with Crippen LogP contribution < -0.4 is 0 Å². The molecule has 1 atom stereocenters. The highest BCUT2D eigenvalue weighted by Crippen LogP contribution is 2.16. The third-order valence-corrected chi connectivity index (χ3v) is 1.93. The molecule has 0 aromatic heterocycles. The van der Waals surface area contributed by atoms with Crippen LogP contribution in [0.3, 0.4) is 0 Å². The van der Waals surface area contributed by atoms with E-state index in [-0.39, 0.29) is 12.4 Å². The minimum atomic E-state index is -0.541. The van der Waals surface area contributed by atoms with Crippen molar-refractivity contribution in [1.29, 1.82) is 0 Å². The number of hydrogen-bond donors (Lipinski definition) is 0. The van der Waals surface area contributed by atoms with Gasteiger partial charge in [0.15, 0.2) is 6.23 Å². The molecule has 1 aliphatic rings. The van der Waals surface area contributed by atoms with Gasteiger partial charge in [-0.3, -0.25) is 9.69 Å². The lowest BCUT2D eigenvalue weighted by Crippen LogP contribution is -2.48. The molecule has 1 rings (SSSR count). The van der Waals surface area contributed by atoms with Crippen molar-refractivity contribution < 1.29 is 19.1 Å². The Morgan fingerprint density at radius 1 is 1.53 bits per heavy atom. The molecule has 0 aromatic rings. The number of cyclic esters (lactones) is 1. The highest BCUT2D eigenvalue weighted by atomic mass is 16.6. The molecule has 86 valence electrons. The van der Waals surface area contributed by atoms with Crippen LogP contribution in [0, 0.1) is 0 Å². The smallest absolute Gasteiger partial charge is 0.413 e. The minimum absolute atomic E-state index is 0.226. The van der Waals surface area contributed by atoms with E-state index in [1.807, 2.05) is 0 Å². The van der Waals surface area contributed by atoms with Gasteiger partial charge in [-0.25, -0.2) is 4.79 Å². The summed E-state index contributed by atoms with van der Waals surface area (Å²) in [5.41, 5.74) is -0.530. The fraction of sp³-hybridized carbons (Fsp3) is 0.800. The number of amides is 1. The molecule has 0 aromatic carbocycles. The summed E-state index contributed by atoms with van der Waals surface area (Å²) in [6.45, 7) is 7.40. The zero-order valence-electron chi connectivity index (χ0n) is 9.57. The quantitative estimate of drug-likeness (QED) is 0.575. The van der Waals surface area contributed by atoms with Gasteiger partial charge in [-0.1, -0.05) is 0 Å². The zero-order chi connectivity index (χ0) is 11.6. The van der Waals surface area contributed by atoms with E-state index < -0.39 is 17.9 Å². The molecule has 1 amide bonds. The zero-order valence-corrected chi connectivity index (χ0v) is 9.57. The summed E-state index contributed by atoms with van der Waals surface area (Å²) in [4.78, 5) is 24.0. The van der Waals surface area contributed by atoms with E-state index in [1.54, 1.807) is 27.7 Å². The number of hydrogen-bond acceptors (Lipinski definition) is 4. The number of nitrogens with zero attached hydrogens (tertiary/aromatic N) is 1. The topological polar surface area (TPSA) is 55.8 Å². The molecule has 0 N–H and O–H groups in total. The highest BCUT2D eigenvalue weighted by molar-refractivity contribution is 5.74. The lowest BCUT2D eigenvalue weighted by atomic mass is 10.2. The van der Waals surface area contributed by atoms with Crippen molar-refractivity contribution in [2.24, 2.45) is 0 Å². The third kappa shape index (κ3) is 3.42. The van der Waals surface area contributed by atoms with E-state index in [9.17, 15) is 9.59 Å². The summed E-state index contributed by atoms with van der Waals surface area (Å²) in [7, 11) is 0. The lowest BCUT2D eigenvalue weighted by molar-refractivity contribution is -0.164. The van der Waals surface area contributed by atoms with E-state index >= 15 is 0 Å². The standard InChI is InChI=1S/C10H17NO4/c1-7-11(6-5-8(12)14-7)9(13)15-10(2,3)4/h7H,5-6H2,1-4H3. The van der Waals surface area contributed by atoms with Crippen LogP contribution in [0.4, 0.5) is 4.79 Å². The van der Waals surface area contributed by atoms with E-state index in [0.717, 1.165) is 0 Å². The van der Waals surface area contributed by atoms with E-state index in [4.69, 9.17) is 9.47 Å². The van der Waals surface area contributed by atoms with Crippen LogP contribution >= 0.6 is 0 Å². The Balaban J connectivity index is 2.56. The monoisotopic (exact) mass is 215 g/mol. The summed E-state index contributed by atoms with van der Waals surface area (Å²) < 4.78 is 10.1. The predicted octanol–water partition coefficient (Wildman–Crippen LogP) is 1.52. The molecule has 15 heavy (non-hydrogen) atoms. The maximum atomic E-state index is 11.6. The van der Waals surface area contributed by atoms with Crippen molar-refractivity contribution in [1.82, 2.24) is 4.90 Å².